The molecule has 2 N–H and O–H groups in total. The van der Waals surface area contributed by atoms with Crippen LogP contribution in [0.25, 0.3) is 11.1 Å². The van der Waals surface area contributed by atoms with Crippen molar-refractivity contribution >= 4 is 28.6 Å². The van der Waals surface area contributed by atoms with Gasteiger partial charge in [0.25, 0.3) is 0 Å². The zero-order valence-electron chi connectivity index (χ0n) is 12.2. The molecule has 0 radical (unpaired) electrons. The fourth-order valence-electron chi connectivity index (χ4n) is 3.08. The molecule has 0 amide bonds. The van der Waals surface area contributed by atoms with Gasteiger partial charge < -0.3 is 5.73 Å². The summed E-state index contributed by atoms with van der Waals surface area (Å²) in [7, 11) is 0. The lowest BCUT2D eigenvalue weighted by atomic mass is 9.82. The van der Waals surface area contributed by atoms with E-state index in [1.165, 1.54) is 0 Å². The Bertz CT molecular complexity index is 961. The maximum Gasteiger partial charge on any atom is 0.194 e. The molecule has 0 aliphatic heterocycles. The molecule has 3 heteroatoms. The van der Waals surface area contributed by atoms with Crippen molar-refractivity contribution in [3.05, 3.63) is 89.0 Å². The third-order valence-corrected chi connectivity index (χ3v) is 4.64. The summed E-state index contributed by atoms with van der Waals surface area (Å²) in [5, 5.41) is 0. The summed E-state index contributed by atoms with van der Waals surface area (Å²) in [5.74, 6) is -0.0180. The van der Waals surface area contributed by atoms with Crippen LogP contribution < -0.4 is 5.73 Å². The van der Waals surface area contributed by atoms with E-state index in [0.29, 0.717) is 27.2 Å². The molecule has 0 fully saturated rings. The molecule has 0 heterocycles. The third-order valence-electron chi connectivity index (χ3n) is 4.22. The quantitative estimate of drug-likeness (QED) is 0.422. The summed E-state index contributed by atoms with van der Waals surface area (Å²) >= 11 is 5.63. The molecule has 0 unspecified atom stereocenters. The van der Waals surface area contributed by atoms with Gasteiger partial charge in [-0.25, -0.2) is 0 Å². The van der Waals surface area contributed by atoms with Crippen molar-refractivity contribution in [1.82, 2.24) is 0 Å². The minimum atomic E-state index is -0.0180. The molecule has 110 valence electrons. The average molecular weight is 315 g/mol. The van der Waals surface area contributed by atoms with Gasteiger partial charge in [0.2, 0.25) is 0 Å². The lowest BCUT2D eigenvalue weighted by molar-refractivity contribution is 0.103. The van der Waals surface area contributed by atoms with E-state index in [4.69, 9.17) is 18.0 Å². The van der Waals surface area contributed by atoms with Crippen molar-refractivity contribution in [1.29, 1.82) is 0 Å². The number of ketones is 1. The molecular weight excluding hydrogens is 302 g/mol. The smallest absolute Gasteiger partial charge is 0.194 e. The van der Waals surface area contributed by atoms with Crippen molar-refractivity contribution in [2.45, 2.75) is 0 Å². The largest absolute Gasteiger partial charge is 0.398 e. The second-order valence-electron chi connectivity index (χ2n) is 5.52. The SMILES string of the molecule is Nc1c(-c2ccccc2)ccc2c1C(=S)c1ccccc1C2=O. The normalized spacial score (nSPS) is 12.7. The molecule has 4 rings (SSSR count). The fraction of sp³-hybridized carbons (Fsp3) is 0. The van der Waals surface area contributed by atoms with Crippen LogP contribution in [0.1, 0.15) is 27.0 Å². The molecule has 0 saturated carbocycles. The van der Waals surface area contributed by atoms with E-state index in [1.54, 1.807) is 0 Å². The van der Waals surface area contributed by atoms with Gasteiger partial charge in [0.15, 0.2) is 5.78 Å². The Morgan fingerprint density at radius 1 is 0.696 bits per heavy atom. The van der Waals surface area contributed by atoms with Gasteiger partial charge in [-0.1, -0.05) is 72.9 Å². The van der Waals surface area contributed by atoms with Gasteiger partial charge in [0, 0.05) is 33.5 Å². The zero-order chi connectivity index (χ0) is 16.0. The van der Waals surface area contributed by atoms with E-state index >= 15 is 0 Å². The van der Waals surface area contributed by atoms with E-state index in [9.17, 15) is 4.79 Å². The summed E-state index contributed by atoms with van der Waals surface area (Å²) in [6.07, 6.45) is 0. The molecule has 0 spiro atoms. The first kappa shape index (κ1) is 13.9. The molecule has 23 heavy (non-hydrogen) atoms. The fourth-order valence-corrected chi connectivity index (χ4v) is 3.48. The van der Waals surface area contributed by atoms with Crippen LogP contribution in [0.5, 0.6) is 0 Å². The van der Waals surface area contributed by atoms with Crippen LogP contribution in [0.3, 0.4) is 0 Å². The van der Waals surface area contributed by atoms with Crippen molar-refractivity contribution in [2.24, 2.45) is 0 Å². The minimum Gasteiger partial charge on any atom is -0.398 e. The Balaban J connectivity index is 1.98. The maximum atomic E-state index is 12.7. The van der Waals surface area contributed by atoms with E-state index in [1.807, 2.05) is 66.7 Å². The van der Waals surface area contributed by atoms with Crippen molar-refractivity contribution < 1.29 is 4.79 Å². The maximum absolute atomic E-state index is 12.7. The zero-order valence-corrected chi connectivity index (χ0v) is 13.1. The Morgan fingerprint density at radius 3 is 2.04 bits per heavy atom. The lowest BCUT2D eigenvalue weighted by Crippen LogP contribution is -2.21. The van der Waals surface area contributed by atoms with E-state index in [-0.39, 0.29) is 5.78 Å². The number of nitrogen functional groups attached to an aromatic ring is 1. The Hall–Kier alpha value is -2.78. The van der Waals surface area contributed by atoms with Crippen LogP contribution in [-0.4, -0.2) is 10.6 Å². The Morgan fingerprint density at radius 2 is 1.30 bits per heavy atom. The van der Waals surface area contributed by atoms with E-state index < -0.39 is 0 Å². The highest BCUT2D eigenvalue weighted by atomic mass is 32.1. The molecular formula is C20H13NOS. The van der Waals surface area contributed by atoms with Crippen LogP contribution >= 0.6 is 12.2 Å². The summed E-state index contributed by atoms with van der Waals surface area (Å²) in [5.41, 5.74) is 11.6. The monoisotopic (exact) mass is 315 g/mol. The van der Waals surface area contributed by atoms with Crippen LogP contribution in [-0.2, 0) is 0 Å². The first-order chi connectivity index (χ1) is 11.2. The number of fused-ring (bicyclic) bond motifs is 2. The number of hydrogen-bond acceptors (Lipinski definition) is 3. The number of nitrogens with two attached hydrogens (primary N) is 1. The van der Waals surface area contributed by atoms with Gasteiger partial charge in [-0.05, 0) is 11.6 Å². The standard InChI is InChI=1S/C20H13NOS/c21-18-13(12-6-2-1-3-7-12)10-11-16-17(18)20(23)15-9-5-4-8-14(15)19(16)22/h1-11H,21H2. The molecule has 0 saturated heterocycles. The minimum absolute atomic E-state index is 0.0180. The summed E-state index contributed by atoms with van der Waals surface area (Å²) in [6, 6.07) is 21.1. The molecule has 0 bridgehead atoms. The first-order valence-corrected chi connectivity index (χ1v) is 7.75. The van der Waals surface area contributed by atoms with Crippen LogP contribution in [0.4, 0.5) is 5.69 Å². The van der Waals surface area contributed by atoms with Gasteiger partial charge in [0.05, 0.1) is 4.86 Å². The number of benzene rings is 3. The van der Waals surface area contributed by atoms with Crippen LogP contribution in [0.2, 0.25) is 0 Å². The summed E-state index contributed by atoms with van der Waals surface area (Å²) in [6.45, 7) is 0. The number of hydrogen-bond donors (Lipinski definition) is 1. The Labute approximate surface area is 139 Å². The lowest BCUT2D eigenvalue weighted by Gasteiger charge is -2.22. The van der Waals surface area contributed by atoms with Gasteiger partial charge >= 0.3 is 0 Å². The number of thiocarbonyl (C=S) groups is 1. The third kappa shape index (κ3) is 2.01. The highest BCUT2D eigenvalue weighted by Gasteiger charge is 2.29. The van der Waals surface area contributed by atoms with E-state index in [2.05, 4.69) is 0 Å². The van der Waals surface area contributed by atoms with Gasteiger partial charge in [-0.2, -0.15) is 0 Å². The van der Waals surface area contributed by atoms with Gasteiger partial charge in [-0.15, -0.1) is 0 Å². The second-order valence-corrected chi connectivity index (χ2v) is 5.93. The predicted molar refractivity (Wildman–Crippen MR) is 97.0 cm³/mol. The first-order valence-electron chi connectivity index (χ1n) is 7.35. The van der Waals surface area contributed by atoms with Crippen molar-refractivity contribution in [2.75, 3.05) is 5.73 Å². The second kappa shape index (κ2) is 5.14. The van der Waals surface area contributed by atoms with Crippen LogP contribution in [0, 0.1) is 0 Å². The van der Waals surface area contributed by atoms with Gasteiger partial charge in [-0.3, -0.25) is 4.79 Å². The average Bonchev–Trinajstić information content (AvgIpc) is 2.60. The highest BCUT2D eigenvalue weighted by molar-refractivity contribution is 7.81. The Kier molecular flexibility index (Phi) is 3.10. The molecule has 2 nitrogen and oxygen atoms in total. The molecule has 0 atom stereocenters. The summed E-state index contributed by atoms with van der Waals surface area (Å²) < 4.78 is 0. The van der Waals surface area contributed by atoms with Crippen molar-refractivity contribution in [3.63, 3.8) is 0 Å². The number of carbonyl (C=O) groups excluding carboxylic acids is 1. The van der Waals surface area contributed by atoms with Crippen molar-refractivity contribution in [3.8, 4) is 11.1 Å². The molecule has 1 aliphatic carbocycles. The topological polar surface area (TPSA) is 43.1 Å². The number of anilines is 1. The van der Waals surface area contributed by atoms with Crippen LogP contribution in [0.15, 0.2) is 66.7 Å². The predicted octanol–water partition coefficient (Wildman–Crippen LogP) is 4.25. The molecule has 0 aromatic heterocycles. The molecule has 1 aliphatic rings. The summed E-state index contributed by atoms with van der Waals surface area (Å²) in [4.78, 5) is 13.4. The van der Waals surface area contributed by atoms with Gasteiger partial charge in [0.1, 0.15) is 0 Å². The number of rotatable bonds is 1. The molecule has 3 aromatic carbocycles. The highest BCUT2D eigenvalue weighted by Crippen LogP contribution is 2.37. The molecule has 3 aromatic rings. The number of carbonyl (C=O) groups is 1. The van der Waals surface area contributed by atoms with E-state index in [0.717, 1.165) is 16.7 Å².